The van der Waals surface area contributed by atoms with Gasteiger partial charge in [-0.1, -0.05) is 50.6 Å². The second kappa shape index (κ2) is 7.65. The summed E-state index contributed by atoms with van der Waals surface area (Å²) in [5, 5.41) is 3.16. The van der Waals surface area contributed by atoms with Crippen molar-refractivity contribution < 1.29 is 4.79 Å². The fourth-order valence-corrected chi connectivity index (χ4v) is 2.80. The Hall–Kier alpha value is -1.06. The lowest BCUT2D eigenvalue weighted by molar-refractivity contribution is -0.126. The van der Waals surface area contributed by atoms with Crippen molar-refractivity contribution in [3.8, 4) is 0 Å². The molecule has 112 valence electrons. The molecule has 1 saturated carbocycles. The van der Waals surface area contributed by atoms with Crippen LogP contribution in [0.1, 0.15) is 44.7 Å². The van der Waals surface area contributed by atoms with Crippen molar-refractivity contribution >= 4 is 18.3 Å². The molecule has 4 atom stereocenters. The summed E-state index contributed by atoms with van der Waals surface area (Å²) in [4.78, 5) is 12.3. The highest BCUT2D eigenvalue weighted by atomic mass is 35.5. The van der Waals surface area contributed by atoms with Gasteiger partial charge < -0.3 is 11.1 Å². The van der Waals surface area contributed by atoms with Crippen molar-refractivity contribution in [1.29, 1.82) is 0 Å². The molecular formula is C16H25ClN2O. The average molecular weight is 297 g/mol. The number of nitrogens with one attached hydrogen (secondary N) is 1. The zero-order valence-electron chi connectivity index (χ0n) is 12.2. The molecule has 3 N–H and O–H groups in total. The summed E-state index contributed by atoms with van der Waals surface area (Å²) in [5.41, 5.74) is 7.21. The molecule has 20 heavy (non-hydrogen) atoms. The maximum Gasteiger partial charge on any atom is 0.224 e. The number of benzene rings is 1. The van der Waals surface area contributed by atoms with Gasteiger partial charge in [0.05, 0.1) is 5.92 Å². The predicted molar refractivity (Wildman–Crippen MR) is 84.7 cm³/mol. The summed E-state index contributed by atoms with van der Waals surface area (Å²) in [6, 6.07) is 9.92. The maximum absolute atomic E-state index is 12.3. The van der Waals surface area contributed by atoms with Gasteiger partial charge in [-0.15, -0.1) is 12.4 Å². The molecule has 0 bridgehead atoms. The smallest absolute Gasteiger partial charge is 0.224 e. The molecule has 1 fully saturated rings. The molecule has 1 aromatic rings. The number of hydrogen-bond acceptors (Lipinski definition) is 2. The summed E-state index contributed by atoms with van der Waals surface area (Å²) in [6.45, 7) is 4.12. The third-order valence-electron chi connectivity index (χ3n) is 4.33. The number of hydrogen-bond donors (Lipinski definition) is 2. The van der Waals surface area contributed by atoms with E-state index in [2.05, 4.69) is 12.2 Å². The summed E-state index contributed by atoms with van der Waals surface area (Å²) < 4.78 is 0. The van der Waals surface area contributed by atoms with Gasteiger partial charge in [-0.25, -0.2) is 0 Å². The number of carbonyl (C=O) groups excluding carboxylic acids is 1. The quantitative estimate of drug-likeness (QED) is 0.897. The van der Waals surface area contributed by atoms with E-state index in [0.717, 1.165) is 12.0 Å². The van der Waals surface area contributed by atoms with Gasteiger partial charge in [0.15, 0.2) is 0 Å². The van der Waals surface area contributed by atoms with Gasteiger partial charge >= 0.3 is 0 Å². The molecule has 1 aliphatic carbocycles. The molecule has 0 heterocycles. The summed E-state index contributed by atoms with van der Waals surface area (Å²) >= 11 is 0. The topological polar surface area (TPSA) is 55.1 Å². The number of amides is 1. The molecule has 1 aromatic carbocycles. The molecule has 0 aliphatic heterocycles. The molecule has 0 saturated heterocycles. The van der Waals surface area contributed by atoms with Crippen molar-refractivity contribution in [2.24, 2.45) is 17.6 Å². The van der Waals surface area contributed by atoms with Gasteiger partial charge in [0.25, 0.3) is 0 Å². The highest BCUT2D eigenvalue weighted by molar-refractivity contribution is 5.85. The minimum absolute atomic E-state index is 0. The van der Waals surface area contributed by atoms with E-state index >= 15 is 0 Å². The molecule has 1 amide bonds. The standard InChI is InChI=1S/C16H24N2O.ClH/c1-11-7-6-10-14(11)18-16(19)12(2)15(17)13-8-4-3-5-9-13;/h3-5,8-9,11-12,14-15H,6-7,10,17H2,1-2H3,(H,18,19);1H. The number of nitrogens with two attached hydrogens (primary N) is 1. The van der Waals surface area contributed by atoms with Crippen LogP contribution in [-0.2, 0) is 4.79 Å². The van der Waals surface area contributed by atoms with Crippen LogP contribution in [0.5, 0.6) is 0 Å². The lowest BCUT2D eigenvalue weighted by Crippen LogP contribution is -2.42. The van der Waals surface area contributed by atoms with Gasteiger partial charge in [-0.2, -0.15) is 0 Å². The first-order valence-electron chi connectivity index (χ1n) is 7.20. The largest absolute Gasteiger partial charge is 0.353 e. The lowest BCUT2D eigenvalue weighted by atomic mass is 9.94. The third-order valence-corrected chi connectivity index (χ3v) is 4.33. The van der Waals surface area contributed by atoms with Crippen molar-refractivity contribution in [1.82, 2.24) is 5.32 Å². The average Bonchev–Trinajstić information content (AvgIpc) is 2.83. The Bertz CT molecular complexity index is 424. The Morgan fingerprint density at radius 3 is 2.50 bits per heavy atom. The molecule has 4 unspecified atom stereocenters. The third kappa shape index (κ3) is 3.97. The molecule has 4 heteroatoms. The van der Waals surface area contributed by atoms with Crippen molar-refractivity contribution in [3.63, 3.8) is 0 Å². The lowest BCUT2D eigenvalue weighted by Gasteiger charge is -2.24. The van der Waals surface area contributed by atoms with E-state index in [0.29, 0.717) is 12.0 Å². The maximum atomic E-state index is 12.3. The van der Waals surface area contributed by atoms with Gasteiger partial charge in [0.2, 0.25) is 5.91 Å². The first-order chi connectivity index (χ1) is 9.09. The molecule has 2 rings (SSSR count). The minimum atomic E-state index is -0.238. The molecule has 0 radical (unpaired) electrons. The van der Waals surface area contributed by atoms with Crippen molar-refractivity contribution in [2.75, 3.05) is 0 Å². The molecule has 0 aromatic heterocycles. The number of halogens is 1. The van der Waals surface area contributed by atoms with E-state index in [-0.39, 0.29) is 30.3 Å². The van der Waals surface area contributed by atoms with Crippen LogP contribution in [0.3, 0.4) is 0 Å². The fraction of sp³-hybridized carbons (Fsp3) is 0.562. The van der Waals surface area contributed by atoms with E-state index in [4.69, 9.17) is 5.73 Å². The van der Waals surface area contributed by atoms with Crippen LogP contribution in [0.15, 0.2) is 30.3 Å². The van der Waals surface area contributed by atoms with E-state index in [1.54, 1.807) is 0 Å². The number of rotatable bonds is 4. The molecule has 1 aliphatic rings. The van der Waals surface area contributed by atoms with Crippen molar-refractivity contribution in [2.45, 2.75) is 45.2 Å². The van der Waals surface area contributed by atoms with Gasteiger partial charge in [-0.3, -0.25) is 4.79 Å². The highest BCUT2D eigenvalue weighted by Crippen LogP contribution is 2.26. The summed E-state index contributed by atoms with van der Waals surface area (Å²) in [7, 11) is 0. The van der Waals surface area contributed by atoms with Crippen LogP contribution in [-0.4, -0.2) is 11.9 Å². The van der Waals surface area contributed by atoms with Gasteiger partial charge in [0.1, 0.15) is 0 Å². The van der Waals surface area contributed by atoms with Crippen LogP contribution in [0.2, 0.25) is 0 Å². The van der Waals surface area contributed by atoms with Crippen LogP contribution in [0, 0.1) is 11.8 Å². The first-order valence-corrected chi connectivity index (χ1v) is 7.20. The van der Waals surface area contributed by atoms with Crippen LogP contribution in [0.4, 0.5) is 0 Å². The Labute approximate surface area is 127 Å². The van der Waals surface area contributed by atoms with Crippen molar-refractivity contribution in [3.05, 3.63) is 35.9 Å². The van der Waals surface area contributed by atoms with E-state index in [1.807, 2.05) is 37.3 Å². The molecular weight excluding hydrogens is 272 g/mol. The van der Waals surface area contributed by atoms with Crippen LogP contribution < -0.4 is 11.1 Å². The fourth-order valence-electron chi connectivity index (χ4n) is 2.80. The summed E-state index contributed by atoms with van der Waals surface area (Å²) in [6.07, 6.45) is 3.52. The first kappa shape index (κ1) is 17.0. The van der Waals surface area contributed by atoms with Gasteiger partial charge in [0, 0.05) is 12.1 Å². The van der Waals surface area contributed by atoms with Gasteiger partial charge in [-0.05, 0) is 24.3 Å². The molecule has 0 spiro atoms. The Balaban J connectivity index is 0.00000200. The van der Waals surface area contributed by atoms with Crippen LogP contribution in [0.25, 0.3) is 0 Å². The minimum Gasteiger partial charge on any atom is -0.353 e. The Morgan fingerprint density at radius 1 is 1.30 bits per heavy atom. The normalized spacial score (nSPS) is 24.6. The summed E-state index contributed by atoms with van der Waals surface area (Å²) in [5.74, 6) is 0.467. The predicted octanol–water partition coefficient (Wildman–Crippen LogP) is 3.05. The second-order valence-corrected chi connectivity index (χ2v) is 5.75. The number of carbonyl (C=O) groups is 1. The van der Waals surface area contributed by atoms with E-state index in [1.165, 1.54) is 12.8 Å². The van der Waals surface area contributed by atoms with E-state index in [9.17, 15) is 4.79 Å². The highest BCUT2D eigenvalue weighted by Gasteiger charge is 2.28. The monoisotopic (exact) mass is 296 g/mol. The van der Waals surface area contributed by atoms with Crippen LogP contribution >= 0.6 is 12.4 Å². The Morgan fingerprint density at radius 2 is 1.95 bits per heavy atom. The second-order valence-electron chi connectivity index (χ2n) is 5.75. The van der Waals surface area contributed by atoms with E-state index < -0.39 is 0 Å². The molecule has 3 nitrogen and oxygen atoms in total. The Kier molecular flexibility index (Phi) is 6.50. The zero-order valence-corrected chi connectivity index (χ0v) is 13.0. The SMILES string of the molecule is CC1CCCC1NC(=O)C(C)C(N)c1ccccc1.Cl. The zero-order chi connectivity index (χ0) is 13.8.